The predicted molar refractivity (Wildman–Crippen MR) is 102 cm³/mol. The Morgan fingerprint density at radius 1 is 1.04 bits per heavy atom. The van der Waals surface area contributed by atoms with Crippen LogP contribution in [-0.4, -0.2) is 47.7 Å². The highest BCUT2D eigenvalue weighted by Gasteiger charge is 2.18. The molecule has 0 spiro atoms. The van der Waals surface area contributed by atoms with Crippen LogP contribution in [0.5, 0.6) is 5.75 Å². The zero-order valence-corrected chi connectivity index (χ0v) is 15.3. The fraction of sp³-hybridized carbons (Fsp3) is 0.450. The van der Waals surface area contributed by atoms with Crippen molar-refractivity contribution in [1.82, 2.24) is 15.1 Å². The van der Waals surface area contributed by atoms with E-state index in [1.165, 1.54) is 18.4 Å². The number of nitrogens with zero attached hydrogens (tertiary/aromatic N) is 3. The SMILES string of the molecule is COc1ccc(CCNc2ccc(C(=O)N3CCCCCC3)nn2)cc1. The van der Waals surface area contributed by atoms with Gasteiger partial charge in [-0.2, -0.15) is 0 Å². The summed E-state index contributed by atoms with van der Waals surface area (Å²) < 4.78 is 5.16. The van der Waals surface area contributed by atoms with Gasteiger partial charge in [-0.05, 0) is 49.1 Å². The van der Waals surface area contributed by atoms with Gasteiger partial charge in [0, 0.05) is 19.6 Å². The number of rotatable bonds is 6. The van der Waals surface area contributed by atoms with Crippen LogP contribution in [0.3, 0.4) is 0 Å². The van der Waals surface area contributed by atoms with Gasteiger partial charge < -0.3 is 15.0 Å². The van der Waals surface area contributed by atoms with Gasteiger partial charge in [0.1, 0.15) is 11.6 Å². The highest BCUT2D eigenvalue weighted by molar-refractivity contribution is 5.92. The van der Waals surface area contributed by atoms with Crippen LogP contribution in [-0.2, 0) is 6.42 Å². The van der Waals surface area contributed by atoms with E-state index in [-0.39, 0.29) is 5.91 Å². The van der Waals surface area contributed by atoms with Crippen LogP contribution in [0.2, 0.25) is 0 Å². The second-order valence-corrected chi connectivity index (χ2v) is 6.54. The molecule has 0 saturated carbocycles. The molecule has 0 aliphatic carbocycles. The van der Waals surface area contributed by atoms with Gasteiger partial charge in [-0.3, -0.25) is 4.79 Å². The molecule has 1 N–H and O–H groups in total. The Balaban J connectivity index is 1.49. The van der Waals surface area contributed by atoms with Gasteiger partial charge in [0.25, 0.3) is 5.91 Å². The van der Waals surface area contributed by atoms with Gasteiger partial charge in [-0.1, -0.05) is 25.0 Å². The molecule has 1 amide bonds. The molecule has 1 aromatic heterocycles. The van der Waals surface area contributed by atoms with Crippen molar-refractivity contribution in [3.63, 3.8) is 0 Å². The van der Waals surface area contributed by atoms with Crippen LogP contribution in [0, 0.1) is 0 Å². The molecule has 1 aromatic carbocycles. The summed E-state index contributed by atoms with van der Waals surface area (Å²) in [6, 6.07) is 11.6. The summed E-state index contributed by atoms with van der Waals surface area (Å²) in [4.78, 5) is 14.4. The normalized spacial score (nSPS) is 14.6. The standard InChI is InChI=1S/C20H26N4O2/c1-26-17-8-6-16(7-9-17)12-13-21-19-11-10-18(22-23-19)20(25)24-14-4-2-3-5-15-24/h6-11H,2-5,12-15H2,1H3,(H,21,23). The summed E-state index contributed by atoms with van der Waals surface area (Å²) in [6.45, 7) is 2.39. The van der Waals surface area contributed by atoms with Gasteiger partial charge in [-0.15, -0.1) is 10.2 Å². The third-order valence-corrected chi connectivity index (χ3v) is 4.66. The Morgan fingerprint density at radius 2 is 1.77 bits per heavy atom. The Labute approximate surface area is 154 Å². The number of carbonyl (C=O) groups is 1. The molecule has 0 atom stereocenters. The molecule has 0 unspecified atom stereocenters. The molecule has 0 bridgehead atoms. The molecule has 0 radical (unpaired) electrons. The Hall–Kier alpha value is -2.63. The van der Waals surface area contributed by atoms with Crippen molar-refractivity contribution in [3.8, 4) is 5.75 Å². The number of nitrogens with one attached hydrogen (secondary N) is 1. The number of hydrogen-bond donors (Lipinski definition) is 1. The quantitative estimate of drug-likeness (QED) is 0.863. The highest BCUT2D eigenvalue weighted by atomic mass is 16.5. The highest BCUT2D eigenvalue weighted by Crippen LogP contribution is 2.14. The summed E-state index contributed by atoms with van der Waals surface area (Å²) in [7, 11) is 1.66. The number of methoxy groups -OCH3 is 1. The maximum Gasteiger partial charge on any atom is 0.274 e. The Bertz CT molecular complexity index is 693. The lowest BCUT2D eigenvalue weighted by Gasteiger charge is -2.19. The molecule has 6 nitrogen and oxygen atoms in total. The van der Waals surface area contributed by atoms with E-state index in [2.05, 4.69) is 27.6 Å². The van der Waals surface area contributed by atoms with Crippen LogP contribution in [0.4, 0.5) is 5.82 Å². The second-order valence-electron chi connectivity index (χ2n) is 6.54. The summed E-state index contributed by atoms with van der Waals surface area (Å²) in [5.74, 6) is 1.53. The summed E-state index contributed by atoms with van der Waals surface area (Å²) in [5, 5.41) is 11.5. The Morgan fingerprint density at radius 3 is 2.38 bits per heavy atom. The summed E-state index contributed by atoms with van der Waals surface area (Å²) in [5.41, 5.74) is 1.65. The second kappa shape index (κ2) is 9.17. The van der Waals surface area contributed by atoms with E-state index >= 15 is 0 Å². The van der Waals surface area contributed by atoms with Crippen LogP contribution < -0.4 is 10.1 Å². The van der Waals surface area contributed by atoms with E-state index in [9.17, 15) is 4.79 Å². The molecule has 138 valence electrons. The summed E-state index contributed by atoms with van der Waals surface area (Å²) in [6.07, 6.45) is 5.42. The maximum absolute atomic E-state index is 12.5. The molecule has 26 heavy (non-hydrogen) atoms. The first kappa shape index (κ1) is 18.2. The van der Waals surface area contributed by atoms with Gasteiger partial charge in [0.15, 0.2) is 5.69 Å². The lowest BCUT2D eigenvalue weighted by Crippen LogP contribution is -2.32. The lowest BCUT2D eigenvalue weighted by atomic mass is 10.1. The molecule has 3 rings (SSSR count). The van der Waals surface area contributed by atoms with E-state index in [0.29, 0.717) is 11.5 Å². The number of anilines is 1. The van der Waals surface area contributed by atoms with Gasteiger partial charge in [0.2, 0.25) is 0 Å². The maximum atomic E-state index is 12.5. The topological polar surface area (TPSA) is 67.3 Å². The van der Waals surface area contributed by atoms with E-state index in [0.717, 1.165) is 44.6 Å². The van der Waals surface area contributed by atoms with Gasteiger partial charge >= 0.3 is 0 Å². The number of carbonyl (C=O) groups excluding carboxylic acids is 1. The summed E-state index contributed by atoms with van der Waals surface area (Å²) >= 11 is 0. The number of ether oxygens (including phenoxy) is 1. The van der Waals surface area contributed by atoms with Crippen molar-refractivity contribution in [2.24, 2.45) is 0 Å². The van der Waals surface area contributed by atoms with E-state index in [1.807, 2.05) is 23.1 Å². The molecule has 1 aliphatic heterocycles. The first-order valence-electron chi connectivity index (χ1n) is 9.26. The molecule has 6 heteroatoms. The van der Waals surface area contributed by atoms with Crippen molar-refractivity contribution < 1.29 is 9.53 Å². The number of hydrogen-bond acceptors (Lipinski definition) is 5. The Kier molecular flexibility index (Phi) is 6.41. The largest absolute Gasteiger partial charge is 0.497 e. The van der Waals surface area contributed by atoms with Crippen molar-refractivity contribution in [3.05, 3.63) is 47.7 Å². The number of likely N-dealkylation sites (tertiary alicyclic amines) is 1. The fourth-order valence-corrected chi connectivity index (χ4v) is 3.10. The number of aromatic nitrogens is 2. The zero-order chi connectivity index (χ0) is 18.2. The minimum Gasteiger partial charge on any atom is -0.497 e. The van der Waals surface area contributed by atoms with Crippen LogP contribution in [0.1, 0.15) is 41.7 Å². The number of amides is 1. The van der Waals surface area contributed by atoms with E-state index < -0.39 is 0 Å². The first-order valence-corrected chi connectivity index (χ1v) is 9.26. The van der Waals surface area contributed by atoms with Gasteiger partial charge in [0.05, 0.1) is 7.11 Å². The third-order valence-electron chi connectivity index (χ3n) is 4.66. The average Bonchev–Trinajstić information content (AvgIpc) is 2.98. The van der Waals surface area contributed by atoms with Crippen LogP contribution in [0.15, 0.2) is 36.4 Å². The monoisotopic (exact) mass is 354 g/mol. The van der Waals surface area contributed by atoms with Crippen molar-refractivity contribution in [2.45, 2.75) is 32.1 Å². The first-order chi connectivity index (χ1) is 12.8. The average molecular weight is 354 g/mol. The smallest absolute Gasteiger partial charge is 0.274 e. The lowest BCUT2D eigenvalue weighted by molar-refractivity contribution is 0.0754. The molecule has 2 heterocycles. The van der Waals surface area contributed by atoms with Crippen LogP contribution in [0.25, 0.3) is 0 Å². The van der Waals surface area contributed by atoms with Gasteiger partial charge in [-0.25, -0.2) is 0 Å². The third kappa shape index (κ3) is 4.94. The van der Waals surface area contributed by atoms with Crippen molar-refractivity contribution in [1.29, 1.82) is 0 Å². The minimum absolute atomic E-state index is 0.0100. The number of benzene rings is 1. The zero-order valence-electron chi connectivity index (χ0n) is 15.3. The minimum atomic E-state index is -0.0100. The van der Waals surface area contributed by atoms with Crippen molar-refractivity contribution >= 4 is 11.7 Å². The fourth-order valence-electron chi connectivity index (χ4n) is 3.10. The molecule has 2 aromatic rings. The van der Waals surface area contributed by atoms with Crippen LogP contribution >= 0.6 is 0 Å². The van der Waals surface area contributed by atoms with E-state index in [4.69, 9.17) is 4.74 Å². The molecule has 1 aliphatic rings. The van der Waals surface area contributed by atoms with Crippen molar-refractivity contribution in [2.75, 3.05) is 32.1 Å². The predicted octanol–water partition coefficient (Wildman–Crippen LogP) is 3.16. The molecular formula is C20H26N4O2. The molecular weight excluding hydrogens is 328 g/mol. The molecule has 1 fully saturated rings. The van der Waals surface area contributed by atoms with E-state index in [1.54, 1.807) is 13.2 Å². The molecule has 1 saturated heterocycles.